The van der Waals surface area contributed by atoms with E-state index in [1.165, 1.54) is 6.42 Å². The van der Waals surface area contributed by atoms with Gasteiger partial charge in [-0.1, -0.05) is 59.8 Å². The third kappa shape index (κ3) is 7.43. The van der Waals surface area contributed by atoms with E-state index in [-0.39, 0.29) is 52.0 Å². The van der Waals surface area contributed by atoms with Crippen molar-refractivity contribution in [1.82, 2.24) is 19.9 Å². The van der Waals surface area contributed by atoms with Gasteiger partial charge in [0.05, 0.1) is 5.69 Å². The van der Waals surface area contributed by atoms with E-state index >= 15 is 0 Å². The first kappa shape index (κ1) is 28.4. The minimum Gasteiger partial charge on any atom is -0.395 e. The number of carbonyl (C=O) groups excluding carboxylic acids is 3. The van der Waals surface area contributed by atoms with Crippen molar-refractivity contribution in [3.63, 3.8) is 0 Å². The van der Waals surface area contributed by atoms with Gasteiger partial charge in [0.15, 0.2) is 5.69 Å². The van der Waals surface area contributed by atoms with Crippen LogP contribution < -0.4 is 16.4 Å². The van der Waals surface area contributed by atoms with Crippen molar-refractivity contribution in [3.8, 4) is 0 Å². The van der Waals surface area contributed by atoms with Gasteiger partial charge in [-0.3, -0.25) is 14.4 Å². The zero-order valence-electron chi connectivity index (χ0n) is 22.5. The Morgan fingerprint density at radius 3 is 2.25 bits per heavy atom. The molecule has 202 valence electrons. The first-order chi connectivity index (χ1) is 17.2. The minimum absolute atomic E-state index is 0.0156. The van der Waals surface area contributed by atoms with Crippen molar-refractivity contribution >= 4 is 34.9 Å². The normalized spacial score (nSPS) is 17.9. The summed E-state index contributed by atoms with van der Waals surface area (Å²) >= 11 is 0.973. The van der Waals surface area contributed by atoms with Crippen molar-refractivity contribution in [2.75, 3.05) is 12.3 Å². The Morgan fingerprint density at radius 1 is 1.00 bits per heavy atom. The van der Waals surface area contributed by atoms with Crippen LogP contribution >= 0.6 is 11.5 Å². The second kappa shape index (κ2) is 13.4. The monoisotopic (exact) mass is 519 g/mol. The lowest BCUT2D eigenvalue weighted by molar-refractivity contribution is -0.127. The van der Waals surface area contributed by atoms with Gasteiger partial charge in [0.25, 0.3) is 11.8 Å². The van der Waals surface area contributed by atoms with E-state index in [4.69, 9.17) is 5.73 Å². The van der Waals surface area contributed by atoms with Crippen molar-refractivity contribution in [2.45, 2.75) is 116 Å². The van der Waals surface area contributed by atoms with Crippen LogP contribution in [-0.4, -0.2) is 51.7 Å². The Balaban J connectivity index is 1.84. The highest BCUT2D eigenvalue weighted by molar-refractivity contribution is 7.09. The van der Waals surface area contributed by atoms with E-state index in [0.29, 0.717) is 18.9 Å². The highest BCUT2D eigenvalue weighted by atomic mass is 32.1. The van der Waals surface area contributed by atoms with Crippen LogP contribution in [0.4, 0.5) is 5.69 Å². The van der Waals surface area contributed by atoms with Gasteiger partial charge in [0.2, 0.25) is 5.91 Å². The number of rotatable bonds is 11. The minimum atomic E-state index is -0.575. The maximum atomic E-state index is 14.0. The Labute approximate surface area is 220 Å². The molecule has 0 spiro atoms. The summed E-state index contributed by atoms with van der Waals surface area (Å²) in [6.45, 7) is 8.98. The summed E-state index contributed by atoms with van der Waals surface area (Å²) in [5, 5.41) is 6.12. The molecule has 0 unspecified atom stereocenters. The zero-order valence-corrected chi connectivity index (χ0v) is 23.3. The average molecular weight is 520 g/mol. The van der Waals surface area contributed by atoms with Crippen molar-refractivity contribution < 1.29 is 14.4 Å². The molecule has 3 rings (SSSR count). The number of aromatic nitrogens is 1. The molecule has 9 heteroatoms. The summed E-state index contributed by atoms with van der Waals surface area (Å²) in [7, 11) is 0. The molecule has 36 heavy (non-hydrogen) atoms. The molecule has 8 nitrogen and oxygen atoms in total. The summed E-state index contributed by atoms with van der Waals surface area (Å²) in [5.74, 6) is 0.0169. The number of hydrogen-bond donors (Lipinski definition) is 3. The molecule has 0 aliphatic heterocycles. The molecule has 1 atom stereocenters. The van der Waals surface area contributed by atoms with Crippen LogP contribution in [0.15, 0.2) is 0 Å². The van der Waals surface area contributed by atoms with Gasteiger partial charge >= 0.3 is 0 Å². The third-order valence-corrected chi connectivity index (χ3v) is 8.24. The molecule has 0 saturated heterocycles. The molecule has 2 aliphatic rings. The van der Waals surface area contributed by atoms with Crippen LogP contribution in [0.25, 0.3) is 0 Å². The van der Waals surface area contributed by atoms with Crippen LogP contribution in [0.2, 0.25) is 0 Å². The number of nitrogens with one attached hydrogen (secondary N) is 2. The largest absolute Gasteiger partial charge is 0.395 e. The maximum Gasteiger partial charge on any atom is 0.273 e. The molecule has 4 N–H and O–H groups in total. The first-order valence-corrected chi connectivity index (χ1v) is 14.6. The standard InChI is InChI=1S/C27H45N5O3S/c1-17(2)14-15-29-25(33)21(16-18(3)4)32(20-12-8-9-13-20)27(35)24-22(28)23(31-36-24)26(34)30-19-10-6-5-7-11-19/h17-21H,5-16,28H2,1-4H3,(H,29,33)(H,30,34)/t21-/m1/s1. The van der Waals surface area contributed by atoms with Gasteiger partial charge in [-0.15, -0.1) is 0 Å². The Morgan fingerprint density at radius 2 is 1.64 bits per heavy atom. The molecule has 2 saturated carbocycles. The van der Waals surface area contributed by atoms with Gasteiger partial charge in [0, 0.05) is 18.6 Å². The molecule has 0 radical (unpaired) electrons. The van der Waals surface area contributed by atoms with Gasteiger partial charge in [0.1, 0.15) is 10.9 Å². The van der Waals surface area contributed by atoms with Crippen molar-refractivity contribution in [3.05, 3.63) is 10.6 Å². The van der Waals surface area contributed by atoms with E-state index in [0.717, 1.165) is 69.3 Å². The average Bonchev–Trinajstić information content (AvgIpc) is 3.48. The fourth-order valence-corrected chi connectivity index (χ4v) is 6.12. The van der Waals surface area contributed by atoms with Gasteiger partial charge in [-0.2, -0.15) is 4.37 Å². The fraction of sp³-hybridized carbons (Fsp3) is 0.778. The Bertz CT molecular complexity index is 888. The molecule has 2 fully saturated rings. The number of nitrogen functional groups attached to an aromatic ring is 1. The fourth-order valence-electron chi connectivity index (χ4n) is 5.37. The third-order valence-electron chi connectivity index (χ3n) is 7.38. The number of anilines is 1. The lowest BCUT2D eigenvalue weighted by Gasteiger charge is -2.36. The molecule has 3 amide bonds. The predicted molar refractivity (Wildman–Crippen MR) is 145 cm³/mol. The Kier molecular flexibility index (Phi) is 10.6. The molecular formula is C27H45N5O3S. The lowest BCUT2D eigenvalue weighted by Crippen LogP contribution is -2.54. The lowest BCUT2D eigenvalue weighted by atomic mass is 9.95. The van der Waals surface area contributed by atoms with E-state index in [2.05, 4.69) is 42.7 Å². The van der Waals surface area contributed by atoms with Crippen LogP contribution in [0, 0.1) is 11.8 Å². The number of nitrogens with two attached hydrogens (primary N) is 1. The van der Waals surface area contributed by atoms with Crippen molar-refractivity contribution in [2.24, 2.45) is 11.8 Å². The number of hydrogen-bond acceptors (Lipinski definition) is 6. The Hall–Kier alpha value is -2.16. The summed E-state index contributed by atoms with van der Waals surface area (Å²) in [5.41, 5.74) is 6.63. The van der Waals surface area contributed by atoms with Crippen LogP contribution in [0.1, 0.15) is 118 Å². The summed E-state index contributed by atoms with van der Waals surface area (Å²) in [6.07, 6.45) is 10.6. The maximum absolute atomic E-state index is 14.0. The molecule has 0 bridgehead atoms. The van der Waals surface area contributed by atoms with E-state index in [1.807, 2.05) is 0 Å². The van der Waals surface area contributed by atoms with E-state index < -0.39 is 6.04 Å². The quantitative estimate of drug-likeness (QED) is 0.390. The summed E-state index contributed by atoms with van der Waals surface area (Å²) in [4.78, 5) is 42.3. The second-order valence-electron chi connectivity index (χ2n) is 11.4. The summed E-state index contributed by atoms with van der Waals surface area (Å²) in [6, 6.07) is -0.460. The molecular weight excluding hydrogens is 474 g/mol. The van der Waals surface area contributed by atoms with Crippen LogP contribution in [0.3, 0.4) is 0 Å². The summed E-state index contributed by atoms with van der Waals surface area (Å²) < 4.78 is 4.30. The highest BCUT2D eigenvalue weighted by Crippen LogP contribution is 2.32. The van der Waals surface area contributed by atoms with E-state index in [1.54, 1.807) is 4.90 Å². The molecule has 1 heterocycles. The van der Waals surface area contributed by atoms with Gasteiger partial charge < -0.3 is 21.3 Å². The van der Waals surface area contributed by atoms with Crippen molar-refractivity contribution in [1.29, 1.82) is 0 Å². The second-order valence-corrected chi connectivity index (χ2v) is 12.1. The molecule has 2 aliphatic carbocycles. The smallest absolute Gasteiger partial charge is 0.273 e. The SMILES string of the molecule is CC(C)CCNC(=O)[C@@H](CC(C)C)N(C(=O)c1snc(C(=O)NC2CCCCC2)c1N)C1CCCC1. The van der Waals surface area contributed by atoms with Crippen LogP contribution in [0.5, 0.6) is 0 Å². The molecule has 1 aromatic rings. The number of amides is 3. The number of carbonyl (C=O) groups is 3. The zero-order chi connectivity index (χ0) is 26.2. The van der Waals surface area contributed by atoms with Gasteiger partial charge in [-0.05, 0) is 61.9 Å². The number of nitrogens with zero attached hydrogens (tertiary/aromatic N) is 2. The van der Waals surface area contributed by atoms with Crippen LogP contribution in [-0.2, 0) is 4.79 Å². The highest BCUT2D eigenvalue weighted by Gasteiger charge is 2.39. The van der Waals surface area contributed by atoms with Gasteiger partial charge in [-0.25, -0.2) is 0 Å². The predicted octanol–water partition coefficient (Wildman–Crippen LogP) is 4.75. The molecule has 1 aromatic heterocycles. The first-order valence-electron chi connectivity index (χ1n) is 13.8. The molecule has 0 aromatic carbocycles. The van der Waals surface area contributed by atoms with E-state index in [9.17, 15) is 14.4 Å². The topological polar surface area (TPSA) is 117 Å².